The highest BCUT2D eigenvalue weighted by Gasteiger charge is 2.35. The lowest BCUT2D eigenvalue weighted by Crippen LogP contribution is -2.53. The Kier molecular flexibility index (Phi) is 10.3. The number of nitrogens with one attached hydrogen (secondary N) is 1. The molecule has 0 aliphatic heterocycles. The average Bonchev–Trinajstić information content (AvgIpc) is 3.00. The molecule has 0 heterocycles. The maximum atomic E-state index is 14.4. The van der Waals surface area contributed by atoms with Crippen molar-refractivity contribution in [2.45, 2.75) is 44.7 Å². The Labute approximate surface area is 259 Å². The number of rotatable bonds is 11. The first-order valence-electron chi connectivity index (χ1n) is 14.0. The van der Waals surface area contributed by atoms with Crippen molar-refractivity contribution in [3.05, 3.63) is 130 Å². The van der Waals surface area contributed by atoms with E-state index in [1.807, 2.05) is 68.4 Å². The number of nitrogens with zero attached hydrogens (tertiary/aromatic N) is 2. The molecule has 0 fully saturated rings. The number of hydrogen-bond donors (Lipinski definition) is 1. The number of anilines is 1. The maximum absolute atomic E-state index is 14.4. The second-order valence-electron chi connectivity index (χ2n) is 10.5. The van der Waals surface area contributed by atoms with Crippen LogP contribution in [0.3, 0.4) is 0 Å². The molecular weight excluding hydrogens is 582 g/mol. The molecule has 4 aromatic rings. The van der Waals surface area contributed by atoms with E-state index in [2.05, 4.69) is 5.32 Å². The zero-order valence-corrected chi connectivity index (χ0v) is 26.3. The Morgan fingerprint density at radius 2 is 1.49 bits per heavy atom. The number of hydrogen-bond acceptors (Lipinski definition) is 4. The van der Waals surface area contributed by atoms with Gasteiger partial charge in [0, 0.05) is 25.0 Å². The Morgan fingerprint density at radius 1 is 0.837 bits per heavy atom. The Hall–Kier alpha value is -4.14. The molecule has 4 aromatic carbocycles. The van der Waals surface area contributed by atoms with Gasteiger partial charge in [-0.1, -0.05) is 90.0 Å². The van der Waals surface area contributed by atoms with Gasteiger partial charge in [0.25, 0.3) is 10.0 Å². The number of carbonyl (C=O) groups is 2. The molecule has 1 unspecified atom stereocenters. The summed E-state index contributed by atoms with van der Waals surface area (Å²) < 4.78 is 29.4. The summed E-state index contributed by atoms with van der Waals surface area (Å²) in [6.45, 7) is 5.15. The zero-order chi connectivity index (χ0) is 31.1. The Morgan fingerprint density at radius 3 is 2.14 bits per heavy atom. The average molecular weight is 618 g/mol. The van der Waals surface area contributed by atoms with E-state index >= 15 is 0 Å². The van der Waals surface area contributed by atoms with Gasteiger partial charge in [-0.15, -0.1) is 0 Å². The Balaban J connectivity index is 1.83. The minimum Gasteiger partial charge on any atom is -0.357 e. The molecule has 0 aliphatic carbocycles. The number of sulfonamides is 1. The quantitative estimate of drug-likeness (QED) is 0.229. The van der Waals surface area contributed by atoms with E-state index in [4.69, 9.17) is 11.6 Å². The van der Waals surface area contributed by atoms with Crippen molar-refractivity contribution in [2.24, 2.45) is 0 Å². The summed E-state index contributed by atoms with van der Waals surface area (Å²) in [5, 5.41) is 3.04. The van der Waals surface area contributed by atoms with Crippen LogP contribution in [0.4, 0.5) is 5.69 Å². The lowest BCUT2D eigenvalue weighted by molar-refractivity contribution is -0.139. The molecule has 9 heteroatoms. The number of likely N-dealkylation sites (N-methyl/N-ethyl adjacent to an activating group) is 1. The third-order valence-corrected chi connectivity index (χ3v) is 9.46. The van der Waals surface area contributed by atoms with Crippen LogP contribution in [0.15, 0.2) is 102 Å². The molecule has 43 heavy (non-hydrogen) atoms. The van der Waals surface area contributed by atoms with Crippen LogP contribution < -0.4 is 9.62 Å². The van der Waals surface area contributed by atoms with Crippen molar-refractivity contribution in [2.75, 3.05) is 17.9 Å². The summed E-state index contributed by atoms with van der Waals surface area (Å²) in [5.41, 5.74) is 4.49. The predicted octanol–water partition coefficient (Wildman–Crippen LogP) is 5.85. The summed E-state index contributed by atoms with van der Waals surface area (Å²) in [4.78, 5) is 29.3. The molecule has 0 radical (unpaired) electrons. The topological polar surface area (TPSA) is 86.8 Å². The van der Waals surface area contributed by atoms with E-state index in [0.29, 0.717) is 10.6 Å². The van der Waals surface area contributed by atoms with Gasteiger partial charge >= 0.3 is 0 Å². The first kappa shape index (κ1) is 31.8. The smallest absolute Gasteiger partial charge is 0.264 e. The standard InChI is InChI=1S/C34H36ClN3O4S/c1-24-14-18-30(19-15-24)43(41,42)38(31-21-29(35)17-16-26(31)3)23-33(39)37(22-28-13-9-8-10-25(28)2)32(34(40)36-4)20-27-11-6-5-7-12-27/h5-19,21,32H,20,22-23H2,1-4H3,(H,36,40). The highest BCUT2D eigenvalue weighted by Crippen LogP contribution is 2.30. The lowest BCUT2D eigenvalue weighted by Gasteiger charge is -2.34. The number of aryl methyl sites for hydroxylation is 3. The summed E-state index contributed by atoms with van der Waals surface area (Å²) in [6.07, 6.45) is 0.249. The van der Waals surface area contributed by atoms with Crippen molar-refractivity contribution in [1.29, 1.82) is 0 Å². The van der Waals surface area contributed by atoms with Crippen LogP contribution in [-0.4, -0.2) is 44.8 Å². The second-order valence-corrected chi connectivity index (χ2v) is 12.8. The molecule has 0 spiro atoms. The van der Waals surface area contributed by atoms with Crippen molar-refractivity contribution in [1.82, 2.24) is 10.2 Å². The largest absolute Gasteiger partial charge is 0.357 e. The van der Waals surface area contributed by atoms with Gasteiger partial charge in [0.2, 0.25) is 11.8 Å². The van der Waals surface area contributed by atoms with E-state index in [1.54, 1.807) is 37.3 Å². The first-order chi connectivity index (χ1) is 20.5. The summed E-state index contributed by atoms with van der Waals surface area (Å²) in [5.74, 6) is -0.875. The van der Waals surface area contributed by atoms with Gasteiger partial charge in [-0.2, -0.15) is 0 Å². The van der Waals surface area contributed by atoms with Crippen molar-refractivity contribution < 1.29 is 18.0 Å². The number of halogens is 1. The first-order valence-corrected chi connectivity index (χ1v) is 15.8. The molecular formula is C34H36ClN3O4S. The van der Waals surface area contributed by atoms with E-state index < -0.39 is 28.5 Å². The molecule has 0 bridgehead atoms. The van der Waals surface area contributed by atoms with E-state index in [-0.39, 0.29) is 29.5 Å². The van der Waals surface area contributed by atoms with E-state index in [0.717, 1.165) is 26.6 Å². The molecule has 0 saturated heterocycles. The van der Waals surface area contributed by atoms with Crippen LogP contribution in [0.5, 0.6) is 0 Å². The third-order valence-electron chi connectivity index (χ3n) is 7.45. The van der Waals surface area contributed by atoms with E-state index in [1.165, 1.54) is 24.1 Å². The summed E-state index contributed by atoms with van der Waals surface area (Å²) in [7, 11) is -2.68. The molecule has 7 nitrogen and oxygen atoms in total. The minimum absolute atomic E-state index is 0.0443. The van der Waals surface area contributed by atoms with E-state index in [9.17, 15) is 18.0 Å². The monoisotopic (exact) mass is 617 g/mol. The Bertz CT molecular complexity index is 1690. The van der Waals surface area contributed by atoms with Gasteiger partial charge in [-0.05, 0) is 67.3 Å². The van der Waals surface area contributed by atoms with Crippen LogP contribution in [-0.2, 0) is 32.6 Å². The third kappa shape index (κ3) is 7.63. The molecule has 1 atom stereocenters. The highest BCUT2D eigenvalue weighted by molar-refractivity contribution is 7.92. The molecule has 1 N–H and O–H groups in total. The minimum atomic E-state index is -4.20. The van der Waals surface area contributed by atoms with Crippen LogP contribution in [0.2, 0.25) is 5.02 Å². The fourth-order valence-corrected chi connectivity index (χ4v) is 6.53. The fourth-order valence-electron chi connectivity index (χ4n) is 4.89. The maximum Gasteiger partial charge on any atom is 0.264 e. The van der Waals surface area contributed by atoms with Crippen LogP contribution in [0.25, 0.3) is 0 Å². The van der Waals surface area contributed by atoms with Gasteiger partial charge in [0.05, 0.1) is 10.6 Å². The van der Waals surface area contributed by atoms with Gasteiger partial charge in [-0.3, -0.25) is 13.9 Å². The molecule has 2 amide bonds. The molecule has 0 aliphatic rings. The van der Waals surface area contributed by atoms with Crippen LogP contribution in [0, 0.1) is 20.8 Å². The van der Waals surface area contributed by atoms with Crippen molar-refractivity contribution in [3.63, 3.8) is 0 Å². The lowest BCUT2D eigenvalue weighted by atomic mass is 10.0. The van der Waals surface area contributed by atoms with Crippen LogP contribution in [0.1, 0.15) is 27.8 Å². The van der Waals surface area contributed by atoms with Gasteiger partial charge < -0.3 is 10.2 Å². The van der Waals surface area contributed by atoms with Crippen LogP contribution >= 0.6 is 11.6 Å². The zero-order valence-electron chi connectivity index (χ0n) is 24.7. The summed E-state index contributed by atoms with van der Waals surface area (Å²) in [6, 6.07) is 27.6. The molecule has 0 saturated carbocycles. The van der Waals surface area contributed by atoms with Gasteiger partial charge in [0.15, 0.2) is 0 Å². The predicted molar refractivity (Wildman–Crippen MR) is 172 cm³/mol. The molecule has 224 valence electrons. The highest BCUT2D eigenvalue weighted by atomic mass is 35.5. The second kappa shape index (κ2) is 13.9. The SMILES string of the molecule is CNC(=O)C(Cc1ccccc1)N(Cc1ccccc1C)C(=O)CN(c1cc(Cl)ccc1C)S(=O)(=O)c1ccc(C)cc1. The number of benzene rings is 4. The van der Waals surface area contributed by atoms with Gasteiger partial charge in [0.1, 0.15) is 12.6 Å². The molecule has 0 aromatic heterocycles. The normalized spacial score (nSPS) is 11.9. The van der Waals surface area contributed by atoms with Gasteiger partial charge in [-0.25, -0.2) is 8.42 Å². The van der Waals surface area contributed by atoms with Crippen molar-refractivity contribution in [3.8, 4) is 0 Å². The fraction of sp³-hybridized carbons (Fsp3) is 0.235. The number of carbonyl (C=O) groups excluding carboxylic acids is 2. The van der Waals surface area contributed by atoms with Crippen molar-refractivity contribution >= 4 is 39.1 Å². The summed E-state index contributed by atoms with van der Waals surface area (Å²) >= 11 is 6.33. The molecule has 4 rings (SSSR count). The number of amides is 2.